The second-order valence-electron chi connectivity index (χ2n) is 3.58. The van der Waals surface area contributed by atoms with E-state index in [0.717, 1.165) is 12.8 Å². The van der Waals surface area contributed by atoms with Crippen molar-refractivity contribution >= 4 is 0 Å². The highest BCUT2D eigenvalue weighted by Crippen LogP contribution is 2.20. The summed E-state index contributed by atoms with van der Waals surface area (Å²) in [5.41, 5.74) is 2.53. The lowest BCUT2D eigenvalue weighted by molar-refractivity contribution is 0.258. The lowest BCUT2D eigenvalue weighted by atomic mass is 9.95. The molecule has 1 rings (SSSR count). The van der Waals surface area contributed by atoms with Gasteiger partial charge in [-0.3, -0.25) is 0 Å². The Bertz CT molecular complexity index is 238. The van der Waals surface area contributed by atoms with Crippen LogP contribution in [0.4, 0.5) is 0 Å². The number of benzene rings is 1. The monoisotopic (exact) mass is 178 g/mol. The van der Waals surface area contributed by atoms with Crippen LogP contribution in [0.3, 0.4) is 0 Å². The summed E-state index contributed by atoms with van der Waals surface area (Å²) in [6.07, 6.45) is 2.19. The predicted octanol–water partition coefficient (Wildman–Crippen LogP) is 2.87. The zero-order valence-corrected chi connectivity index (χ0v) is 8.46. The Labute approximate surface area is 80.4 Å². The Morgan fingerprint density at radius 1 is 1.23 bits per heavy atom. The molecule has 1 atom stereocenters. The lowest BCUT2D eigenvalue weighted by Gasteiger charge is -2.13. The van der Waals surface area contributed by atoms with E-state index in [4.69, 9.17) is 0 Å². The van der Waals surface area contributed by atoms with Crippen LogP contribution in [0.5, 0.6) is 0 Å². The van der Waals surface area contributed by atoms with Gasteiger partial charge in [0.1, 0.15) is 0 Å². The predicted molar refractivity (Wildman–Crippen MR) is 55.9 cm³/mol. The summed E-state index contributed by atoms with van der Waals surface area (Å²) >= 11 is 0. The fourth-order valence-corrected chi connectivity index (χ4v) is 1.55. The molecule has 0 heterocycles. The highest BCUT2D eigenvalue weighted by molar-refractivity contribution is 5.24. The molecule has 0 fully saturated rings. The van der Waals surface area contributed by atoms with Gasteiger partial charge in [-0.2, -0.15) is 0 Å². The van der Waals surface area contributed by atoms with E-state index in [-0.39, 0.29) is 6.61 Å². The van der Waals surface area contributed by atoms with Crippen LogP contribution >= 0.6 is 0 Å². The molecule has 0 spiro atoms. The second-order valence-corrected chi connectivity index (χ2v) is 3.58. The van der Waals surface area contributed by atoms with Gasteiger partial charge < -0.3 is 5.11 Å². The van der Waals surface area contributed by atoms with Crippen LogP contribution in [-0.4, -0.2) is 11.7 Å². The van der Waals surface area contributed by atoms with E-state index in [0.29, 0.717) is 5.92 Å². The van der Waals surface area contributed by atoms with Crippen LogP contribution in [0.25, 0.3) is 0 Å². The summed E-state index contributed by atoms with van der Waals surface area (Å²) in [4.78, 5) is 0. The Kier molecular flexibility index (Phi) is 3.97. The molecule has 0 aliphatic heterocycles. The Morgan fingerprint density at radius 2 is 1.85 bits per heavy atom. The first-order chi connectivity index (χ1) is 6.27. The van der Waals surface area contributed by atoms with Crippen LogP contribution in [0.15, 0.2) is 24.3 Å². The minimum absolute atomic E-state index is 0.261. The number of rotatable bonds is 4. The molecule has 1 unspecified atom stereocenters. The largest absolute Gasteiger partial charge is 0.396 e. The summed E-state index contributed by atoms with van der Waals surface area (Å²) in [6, 6.07) is 8.44. The summed E-state index contributed by atoms with van der Waals surface area (Å²) in [5, 5.41) is 9.18. The third kappa shape index (κ3) is 2.85. The molecule has 1 aromatic rings. The lowest BCUT2D eigenvalue weighted by Crippen LogP contribution is -2.03. The first-order valence-electron chi connectivity index (χ1n) is 4.95. The van der Waals surface area contributed by atoms with E-state index in [1.165, 1.54) is 11.1 Å². The molecule has 0 amide bonds. The van der Waals surface area contributed by atoms with E-state index in [2.05, 4.69) is 38.1 Å². The standard InChI is InChI=1S/C12H18O/c1-3-4-12(9-13)11-7-5-10(2)6-8-11/h5-8,12-13H,3-4,9H2,1-2H3. The van der Waals surface area contributed by atoms with Gasteiger partial charge >= 0.3 is 0 Å². The Morgan fingerprint density at radius 3 is 2.31 bits per heavy atom. The van der Waals surface area contributed by atoms with E-state index in [1.54, 1.807) is 0 Å². The SMILES string of the molecule is CCCC(CO)c1ccc(C)cc1. The highest BCUT2D eigenvalue weighted by Gasteiger charge is 2.07. The van der Waals surface area contributed by atoms with Crippen molar-refractivity contribution in [3.63, 3.8) is 0 Å². The van der Waals surface area contributed by atoms with Crippen LogP contribution < -0.4 is 0 Å². The summed E-state index contributed by atoms with van der Waals surface area (Å²) in [5.74, 6) is 0.325. The first-order valence-corrected chi connectivity index (χ1v) is 4.95. The van der Waals surface area contributed by atoms with Crippen molar-refractivity contribution in [3.8, 4) is 0 Å². The van der Waals surface area contributed by atoms with Crippen LogP contribution in [-0.2, 0) is 0 Å². The van der Waals surface area contributed by atoms with Crippen molar-refractivity contribution in [2.24, 2.45) is 0 Å². The van der Waals surface area contributed by atoms with Crippen LogP contribution in [0.1, 0.15) is 36.8 Å². The minimum atomic E-state index is 0.261. The van der Waals surface area contributed by atoms with Gasteiger partial charge in [0.25, 0.3) is 0 Å². The normalized spacial score (nSPS) is 12.8. The molecule has 0 radical (unpaired) electrons. The molecule has 0 saturated carbocycles. The second kappa shape index (κ2) is 5.03. The van der Waals surface area contributed by atoms with Gasteiger partial charge in [-0.15, -0.1) is 0 Å². The topological polar surface area (TPSA) is 20.2 Å². The molecule has 0 aliphatic carbocycles. The van der Waals surface area contributed by atoms with Crippen molar-refractivity contribution in [2.75, 3.05) is 6.61 Å². The molecule has 0 aliphatic rings. The van der Waals surface area contributed by atoms with Gasteiger partial charge in [0, 0.05) is 12.5 Å². The van der Waals surface area contributed by atoms with Crippen molar-refractivity contribution in [3.05, 3.63) is 35.4 Å². The fraction of sp³-hybridized carbons (Fsp3) is 0.500. The third-order valence-corrected chi connectivity index (χ3v) is 2.41. The van der Waals surface area contributed by atoms with Crippen molar-refractivity contribution in [1.29, 1.82) is 0 Å². The van der Waals surface area contributed by atoms with Gasteiger partial charge in [0.2, 0.25) is 0 Å². The molecule has 1 heteroatoms. The Hall–Kier alpha value is -0.820. The molecule has 0 saturated heterocycles. The van der Waals surface area contributed by atoms with Crippen LogP contribution in [0, 0.1) is 6.92 Å². The zero-order valence-electron chi connectivity index (χ0n) is 8.46. The molecule has 13 heavy (non-hydrogen) atoms. The van der Waals surface area contributed by atoms with Crippen molar-refractivity contribution in [1.82, 2.24) is 0 Å². The third-order valence-electron chi connectivity index (χ3n) is 2.41. The zero-order chi connectivity index (χ0) is 9.68. The van der Waals surface area contributed by atoms with Crippen LogP contribution in [0.2, 0.25) is 0 Å². The fourth-order valence-electron chi connectivity index (χ4n) is 1.55. The molecular weight excluding hydrogens is 160 g/mol. The van der Waals surface area contributed by atoms with E-state index in [1.807, 2.05) is 0 Å². The van der Waals surface area contributed by atoms with E-state index < -0.39 is 0 Å². The summed E-state index contributed by atoms with van der Waals surface area (Å²) in [6.45, 7) is 4.49. The number of aryl methyl sites for hydroxylation is 1. The maximum Gasteiger partial charge on any atom is 0.0499 e. The number of aliphatic hydroxyl groups is 1. The average molecular weight is 178 g/mol. The first kappa shape index (κ1) is 10.3. The van der Waals surface area contributed by atoms with E-state index >= 15 is 0 Å². The number of hydrogen-bond acceptors (Lipinski definition) is 1. The molecule has 0 aromatic heterocycles. The van der Waals surface area contributed by atoms with Gasteiger partial charge in [-0.05, 0) is 18.9 Å². The average Bonchev–Trinajstić information content (AvgIpc) is 2.16. The Balaban J connectivity index is 2.73. The van der Waals surface area contributed by atoms with E-state index in [9.17, 15) is 5.11 Å². The summed E-state index contributed by atoms with van der Waals surface area (Å²) in [7, 11) is 0. The molecule has 1 nitrogen and oxygen atoms in total. The van der Waals surface area contributed by atoms with Gasteiger partial charge in [0.15, 0.2) is 0 Å². The molecule has 0 bridgehead atoms. The summed E-state index contributed by atoms with van der Waals surface area (Å²) < 4.78 is 0. The molecule has 1 aromatic carbocycles. The van der Waals surface area contributed by atoms with Crippen molar-refractivity contribution in [2.45, 2.75) is 32.6 Å². The molecular formula is C12H18O. The number of aliphatic hydroxyl groups excluding tert-OH is 1. The highest BCUT2D eigenvalue weighted by atomic mass is 16.3. The number of hydrogen-bond donors (Lipinski definition) is 1. The molecule has 1 N–H and O–H groups in total. The van der Waals surface area contributed by atoms with Gasteiger partial charge in [-0.1, -0.05) is 43.2 Å². The quantitative estimate of drug-likeness (QED) is 0.751. The van der Waals surface area contributed by atoms with Gasteiger partial charge in [-0.25, -0.2) is 0 Å². The van der Waals surface area contributed by atoms with Gasteiger partial charge in [0.05, 0.1) is 0 Å². The van der Waals surface area contributed by atoms with Crippen molar-refractivity contribution < 1.29 is 5.11 Å². The maximum absolute atomic E-state index is 9.18. The maximum atomic E-state index is 9.18. The molecule has 72 valence electrons. The smallest absolute Gasteiger partial charge is 0.0499 e. The minimum Gasteiger partial charge on any atom is -0.396 e.